The lowest BCUT2D eigenvalue weighted by Crippen LogP contribution is -2.07. The molecule has 0 bridgehead atoms. The van der Waals surface area contributed by atoms with Crippen molar-refractivity contribution >= 4 is 11.6 Å². The van der Waals surface area contributed by atoms with Gasteiger partial charge in [0.25, 0.3) is 0 Å². The number of ether oxygens (including phenoxy) is 1. The highest BCUT2D eigenvalue weighted by Crippen LogP contribution is 2.21. The van der Waals surface area contributed by atoms with Crippen LogP contribution in [0.25, 0.3) is 0 Å². The summed E-state index contributed by atoms with van der Waals surface area (Å²) in [5.41, 5.74) is 2.00. The topological polar surface area (TPSA) is 39.1 Å². The molecule has 0 unspecified atom stereocenters. The quantitative estimate of drug-likeness (QED) is 0.891. The summed E-state index contributed by atoms with van der Waals surface area (Å²) in [6.45, 7) is 7.36. The molecule has 1 heterocycles. The first-order chi connectivity index (χ1) is 9.08. The molecule has 4 nitrogen and oxygen atoms in total. The van der Waals surface area contributed by atoms with Crippen molar-refractivity contribution in [2.24, 2.45) is 5.92 Å². The largest absolute Gasteiger partial charge is 0.497 e. The van der Waals surface area contributed by atoms with Gasteiger partial charge in [0.2, 0.25) is 5.95 Å². The van der Waals surface area contributed by atoms with Gasteiger partial charge >= 0.3 is 0 Å². The monoisotopic (exact) mass is 259 g/mol. The molecule has 1 N–H and O–H groups in total. The van der Waals surface area contributed by atoms with Gasteiger partial charge in [0.05, 0.1) is 12.8 Å². The fourth-order valence-corrected chi connectivity index (χ4v) is 2.01. The summed E-state index contributed by atoms with van der Waals surface area (Å²) in [6, 6.07) is 7.86. The number of hydrogen-bond acceptors (Lipinski definition) is 3. The second kappa shape index (κ2) is 5.78. The van der Waals surface area contributed by atoms with E-state index in [2.05, 4.69) is 34.9 Å². The van der Waals surface area contributed by atoms with Crippen molar-refractivity contribution in [2.75, 3.05) is 12.4 Å². The van der Waals surface area contributed by atoms with Gasteiger partial charge < -0.3 is 14.6 Å². The molecule has 0 saturated heterocycles. The van der Waals surface area contributed by atoms with Crippen LogP contribution in [0.5, 0.6) is 5.75 Å². The first-order valence-corrected chi connectivity index (χ1v) is 6.53. The van der Waals surface area contributed by atoms with Crippen LogP contribution in [0.2, 0.25) is 0 Å². The van der Waals surface area contributed by atoms with E-state index in [9.17, 15) is 0 Å². The van der Waals surface area contributed by atoms with Crippen LogP contribution in [0.4, 0.5) is 11.6 Å². The Morgan fingerprint density at radius 2 is 2.16 bits per heavy atom. The highest BCUT2D eigenvalue weighted by molar-refractivity contribution is 5.56. The lowest BCUT2D eigenvalue weighted by molar-refractivity contribution is 0.415. The van der Waals surface area contributed by atoms with Crippen molar-refractivity contribution in [1.29, 1.82) is 0 Å². The number of methoxy groups -OCH3 is 1. The normalized spacial score (nSPS) is 10.8. The van der Waals surface area contributed by atoms with Crippen molar-refractivity contribution in [3.05, 3.63) is 36.2 Å². The number of nitrogens with zero attached hydrogens (tertiary/aromatic N) is 2. The summed E-state index contributed by atoms with van der Waals surface area (Å²) in [5, 5.41) is 3.35. The second-order valence-electron chi connectivity index (χ2n) is 5.11. The number of aryl methyl sites for hydroxylation is 1. The molecular weight excluding hydrogens is 238 g/mol. The molecule has 0 spiro atoms. The van der Waals surface area contributed by atoms with Crippen molar-refractivity contribution in [2.45, 2.75) is 27.3 Å². The van der Waals surface area contributed by atoms with E-state index in [1.165, 1.54) is 0 Å². The number of hydrogen-bond donors (Lipinski definition) is 1. The predicted octanol–water partition coefficient (Wildman–Crippen LogP) is 3.60. The molecule has 1 aromatic heterocycles. The Kier molecular flexibility index (Phi) is 4.10. The van der Waals surface area contributed by atoms with Gasteiger partial charge in [0.15, 0.2) is 0 Å². The number of rotatable bonds is 5. The van der Waals surface area contributed by atoms with Gasteiger partial charge in [0.1, 0.15) is 5.75 Å². The zero-order valence-corrected chi connectivity index (χ0v) is 12.0. The summed E-state index contributed by atoms with van der Waals surface area (Å²) < 4.78 is 7.38. The van der Waals surface area contributed by atoms with Crippen LogP contribution >= 0.6 is 0 Å². The third-order valence-electron chi connectivity index (χ3n) is 2.78. The van der Waals surface area contributed by atoms with Gasteiger partial charge in [-0.25, -0.2) is 4.98 Å². The minimum absolute atomic E-state index is 0.583. The highest BCUT2D eigenvalue weighted by Gasteiger charge is 2.07. The maximum Gasteiger partial charge on any atom is 0.207 e. The summed E-state index contributed by atoms with van der Waals surface area (Å²) in [5.74, 6) is 2.29. The molecule has 0 aliphatic heterocycles. The molecule has 0 radical (unpaired) electrons. The standard InChI is InChI=1S/C15H21N3O/c1-11(2)9-18-10-12(3)16-15(18)17-13-6-5-7-14(8-13)19-4/h5-8,10-11H,9H2,1-4H3,(H,16,17). The third-order valence-corrected chi connectivity index (χ3v) is 2.78. The molecular formula is C15H21N3O. The molecule has 2 rings (SSSR count). The summed E-state index contributed by atoms with van der Waals surface area (Å²) in [6.07, 6.45) is 2.07. The maximum absolute atomic E-state index is 5.23. The SMILES string of the molecule is COc1cccc(Nc2nc(C)cn2CC(C)C)c1. The van der Waals surface area contributed by atoms with E-state index in [-0.39, 0.29) is 0 Å². The molecule has 0 aliphatic carbocycles. The Bertz CT molecular complexity index is 546. The zero-order valence-electron chi connectivity index (χ0n) is 12.0. The predicted molar refractivity (Wildman–Crippen MR) is 78.1 cm³/mol. The number of anilines is 2. The Balaban J connectivity index is 2.22. The third kappa shape index (κ3) is 3.50. The van der Waals surface area contributed by atoms with Crippen LogP contribution in [0.15, 0.2) is 30.5 Å². The van der Waals surface area contributed by atoms with E-state index in [0.717, 1.165) is 29.6 Å². The molecule has 1 aromatic carbocycles. The minimum atomic E-state index is 0.583. The average molecular weight is 259 g/mol. The van der Waals surface area contributed by atoms with Gasteiger partial charge in [-0.2, -0.15) is 0 Å². The van der Waals surface area contributed by atoms with Crippen LogP contribution in [0, 0.1) is 12.8 Å². The molecule has 19 heavy (non-hydrogen) atoms. The lowest BCUT2D eigenvalue weighted by Gasteiger charge is -2.12. The molecule has 0 amide bonds. The molecule has 4 heteroatoms. The molecule has 2 aromatic rings. The Morgan fingerprint density at radius 1 is 1.37 bits per heavy atom. The minimum Gasteiger partial charge on any atom is -0.497 e. The fraction of sp³-hybridized carbons (Fsp3) is 0.400. The van der Waals surface area contributed by atoms with Gasteiger partial charge in [-0.3, -0.25) is 0 Å². The van der Waals surface area contributed by atoms with E-state index in [0.29, 0.717) is 5.92 Å². The van der Waals surface area contributed by atoms with Crippen molar-refractivity contribution < 1.29 is 4.74 Å². The summed E-state index contributed by atoms with van der Waals surface area (Å²) >= 11 is 0. The first kappa shape index (κ1) is 13.5. The van der Waals surface area contributed by atoms with Crippen LogP contribution in [0.1, 0.15) is 19.5 Å². The zero-order chi connectivity index (χ0) is 13.8. The summed E-state index contributed by atoms with van der Waals surface area (Å²) in [7, 11) is 1.67. The van der Waals surface area contributed by atoms with Gasteiger partial charge in [-0.1, -0.05) is 19.9 Å². The Morgan fingerprint density at radius 3 is 2.84 bits per heavy atom. The fourth-order valence-electron chi connectivity index (χ4n) is 2.01. The number of nitrogens with one attached hydrogen (secondary N) is 1. The summed E-state index contributed by atoms with van der Waals surface area (Å²) in [4.78, 5) is 4.53. The lowest BCUT2D eigenvalue weighted by atomic mass is 10.2. The van der Waals surface area contributed by atoms with E-state index in [4.69, 9.17) is 4.74 Å². The van der Waals surface area contributed by atoms with Crippen LogP contribution in [0.3, 0.4) is 0 Å². The smallest absolute Gasteiger partial charge is 0.207 e. The van der Waals surface area contributed by atoms with Crippen molar-refractivity contribution in [3.8, 4) is 5.75 Å². The van der Waals surface area contributed by atoms with Crippen LogP contribution < -0.4 is 10.1 Å². The molecule has 0 saturated carbocycles. The molecule has 0 fully saturated rings. The van der Waals surface area contributed by atoms with Crippen LogP contribution in [-0.4, -0.2) is 16.7 Å². The van der Waals surface area contributed by atoms with Crippen molar-refractivity contribution in [1.82, 2.24) is 9.55 Å². The van der Waals surface area contributed by atoms with Gasteiger partial charge in [0, 0.05) is 24.5 Å². The van der Waals surface area contributed by atoms with Gasteiger partial charge in [-0.05, 0) is 25.0 Å². The van der Waals surface area contributed by atoms with E-state index in [1.54, 1.807) is 7.11 Å². The first-order valence-electron chi connectivity index (χ1n) is 6.53. The van der Waals surface area contributed by atoms with Crippen LogP contribution in [-0.2, 0) is 6.54 Å². The number of imidazole rings is 1. The number of benzene rings is 1. The number of aromatic nitrogens is 2. The Labute approximate surface area is 114 Å². The van der Waals surface area contributed by atoms with E-state index in [1.807, 2.05) is 31.2 Å². The van der Waals surface area contributed by atoms with Gasteiger partial charge in [-0.15, -0.1) is 0 Å². The maximum atomic E-state index is 5.23. The molecule has 0 atom stereocenters. The van der Waals surface area contributed by atoms with E-state index >= 15 is 0 Å². The van der Waals surface area contributed by atoms with E-state index < -0.39 is 0 Å². The van der Waals surface area contributed by atoms with Crippen molar-refractivity contribution in [3.63, 3.8) is 0 Å². The molecule has 0 aliphatic rings. The highest BCUT2D eigenvalue weighted by atomic mass is 16.5. The molecule has 102 valence electrons. The second-order valence-corrected chi connectivity index (χ2v) is 5.11. The average Bonchev–Trinajstić information content (AvgIpc) is 2.69. The Hall–Kier alpha value is -1.97.